The summed E-state index contributed by atoms with van der Waals surface area (Å²) >= 11 is 0. The molecule has 0 saturated carbocycles. The van der Waals surface area contributed by atoms with Crippen LogP contribution in [-0.4, -0.2) is 17.1 Å². The van der Waals surface area contributed by atoms with Gasteiger partial charge in [-0.15, -0.1) is 0 Å². The second-order valence-electron chi connectivity index (χ2n) is 2.71. The van der Waals surface area contributed by atoms with E-state index >= 15 is 0 Å². The molecule has 2 nitrogen and oxygen atoms in total. The second-order valence-corrected chi connectivity index (χ2v) is 4.88. The molecule has 1 aromatic heterocycles. The first-order valence-corrected chi connectivity index (χ1v) is 6.90. The fraction of sp³-hybridized carbons (Fsp3) is 0.273. The highest BCUT2D eigenvalue weighted by Gasteiger charge is 1.98. The first-order valence-electron chi connectivity index (χ1n) is 4.75. The summed E-state index contributed by atoms with van der Waals surface area (Å²) in [6, 6.07) is 5.90. The smallest absolute Gasteiger partial charge is 0.107 e. The molecule has 0 unspecified atom stereocenters. The minimum absolute atomic E-state index is 1.01. The fourth-order valence-electron chi connectivity index (χ4n) is 0.840. The number of aromatic nitrogens is 1. The number of aliphatic imine (C=N–C) groups is 1. The van der Waals surface area contributed by atoms with E-state index in [1.165, 1.54) is 0 Å². The Morgan fingerprint density at radius 2 is 2.40 bits per heavy atom. The van der Waals surface area contributed by atoms with Crippen molar-refractivity contribution < 1.29 is 0 Å². The molecule has 0 aliphatic rings. The van der Waals surface area contributed by atoms with Gasteiger partial charge in [-0.25, -0.2) is 4.98 Å². The number of pyridine rings is 1. The molecule has 0 fully saturated rings. The molecule has 0 radical (unpaired) electrons. The molecule has 0 bridgehead atoms. The van der Waals surface area contributed by atoms with Crippen LogP contribution in [0.1, 0.15) is 13.3 Å². The van der Waals surface area contributed by atoms with Gasteiger partial charge >= 0.3 is 0 Å². The summed E-state index contributed by atoms with van der Waals surface area (Å²) in [5.74, 6) is 0. The van der Waals surface area contributed by atoms with E-state index in [0.717, 1.165) is 16.5 Å². The molecular formula is C11H14N2S2. The van der Waals surface area contributed by atoms with E-state index in [9.17, 15) is 0 Å². The van der Waals surface area contributed by atoms with Gasteiger partial charge in [0, 0.05) is 13.2 Å². The molecule has 0 aromatic carbocycles. The van der Waals surface area contributed by atoms with Crippen LogP contribution in [0.5, 0.6) is 0 Å². The Morgan fingerprint density at radius 3 is 3.00 bits per heavy atom. The minimum Gasteiger partial charge on any atom is -0.281 e. The molecule has 0 N–H and O–H groups in total. The average Bonchev–Trinajstić information content (AvgIpc) is 2.31. The minimum atomic E-state index is 1.01. The number of hydrogen-bond donors (Lipinski definition) is 0. The third-order valence-corrected chi connectivity index (χ3v) is 3.83. The standard InChI is InChI=1S/C11H14N2S2/c1-3-4-7-10(12-2)14-15-11-8-5-6-9-13-11/h4-9H,3H2,1-2H3/b7-4-,12-10?. The van der Waals surface area contributed by atoms with Gasteiger partial charge in [-0.05, 0) is 46.2 Å². The molecule has 0 aliphatic heterocycles. The summed E-state index contributed by atoms with van der Waals surface area (Å²) in [6.07, 6.45) is 6.98. The number of rotatable bonds is 4. The van der Waals surface area contributed by atoms with Gasteiger partial charge in [0.25, 0.3) is 0 Å². The van der Waals surface area contributed by atoms with Crippen molar-refractivity contribution in [2.45, 2.75) is 18.4 Å². The topological polar surface area (TPSA) is 25.2 Å². The van der Waals surface area contributed by atoms with Crippen LogP contribution < -0.4 is 0 Å². The molecule has 1 aromatic rings. The van der Waals surface area contributed by atoms with Crippen molar-refractivity contribution >= 4 is 26.6 Å². The molecule has 80 valence electrons. The van der Waals surface area contributed by atoms with Gasteiger partial charge in [0.1, 0.15) is 10.1 Å². The highest BCUT2D eigenvalue weighted by molar-refractivity contribution is 8.82. The van der Waals surface area contributed by atoms with Crippen LogP contribution in [0.25, 0.3) is 0 Å². The van der Waals surface area contributed by atoms with Crippen molar-refractivity contribution in [1.82, 2.24) is 4.98 Å². The Bertz CT molecular complexity index is 334. The molecule has 0 saturated heterocycles. The van der Waals surface area contributed by atoms with Crippen LogP contribution >= 0.6 is 21.6 Å². The van der Waals surface area contributed by atoms with E-state index < -0.39 is 0 Å². The summed E-state index contributed by atoms with van der Waals surface area (Å²) in [6.45, 7) is 2.11. The van der Waals surface area contributed by atoms with Gasteiger partial charge in [0.15, 0.2) is 0 Å². The quantitative estimate of drug-likeness (QED) is 0.453. The Hall–Kier alpha value is -0.740. The number of allylic oxidation sites excluding steroid dienone is 1. The van der Waals surface area contributed by atoms with Gasteiger partial charge in [0.2, 0.25) is 0 Å². The van der Waals surface area contributed by atoms with Crippen LogP contribution in [-0.2, 0) is 0 Å². The molecule has 0 spiro atoms. The van der Waals surface area contributed by atoms with E-state index in [1.54, 1.807) is 34.8 Å². The van der Waals surface area contributed by atoms with Crippen molar-refractivity contribution in [3.63, 3.8) is 0 Å². The molecule has 1 rings (SSSR count). The van der Waals surface area contributed by atoms with Gasteiger partial charge in [-0.3, -0.25) is 4.99 Å². The average molecular weight is 238 g/mol. The lowest BCUT2D eigenvalue weighted by atomic mass is 10.4. The van der Waals surface area contributed by atoms with Gasteiger partial charge in [0.05, 0.1) is 0 Å². The molecular weight excluding hydrogens is 224 g/mol. The Labute approximate surface area is 98.7 Å². The normalized spacial score (nSPS) is 12.3. The largest absolute Gasteiger partial charge is 0.281 e. The van der Waals surface area contributed by atoms with Crippen molar-refractivity contribution in [3.05, 3.63) is 36.5 Å². The molecule has 1 heterocycles. The molecule has 15 heavy (non-hydrogen) atoms. The maximum Gasteiger partial charge on any atom is 0.107 e. The van der Waals surface area contributed by atoms with Crippen LogP contribution in [0.3, 0.4) is 0 Å². The lowest BCUT2D eigenvalue weighted by Gasteiger charge is -1.98. The zero-order valence-corrected chi connectivity index (χ0v) is 10.5. The van der Waals surface area contributed by atoms with Crippen LogP contribution in [0.15, 0.2) is 46.6 Å². The maximum atomic E-state index is 4.23. The molecule has 4 heteroatoms. The van der Waals surface area contributed by atoms with E-state index in [4.69, 9.17) is 0 Å². The molecule has 0 aliphatic carbocycles. The lowest BCUT2D eigenvalue weighted by Crippen LogP contribution is -1.83. The zero-order valence-electron chi connectivity index (χ0n) is 8.88. The number of nitrogens with zero attached hydrogens (tertiary/aromatic N) is 2. The van der Waals surface area contributed by atoms with Crippen LogP contribution in [0, 0.1) is 0 Å². The Kier molecular flexibility index (Phi) is 6.20. The first kappa shape index (κ1) is 12.3. The maximum absolute atomic E-state index is 4.23. The van der Waals surface area contributed by atoms with Crippen LogP contribution in [0.4, 0.5) is 0 Å². The highest BCUT2D eigenvalue weighted by atomic mass is 33.1. The SMILES string of the molecule is CC/C=C\C(=NC)SSc1ccccn1. The summed E-state index contributed by atoms with van der Waals surface area (Å²) < 4.78 is 0. The summed E-state index contributed by atoms with van der Waals surface area (Å²) in [7, 11) is 5.07. The summed E-state index contributed by atoms with van der Waals surface area (Å²) in [4.78, 5) is 8.41. The van der Waals surface area contributed by atoms with Crippen LogP contribution in [0.2, 0.25) is 0 Å². The highest BCUT2D eigenvalue weighted by Crippen LogP contribution is 2.30. The Balaban J connectivity index is 2.45. The first-order chi connectivity index (χ1) is 7.36. The molecule has 0 atom stereocenters. The third kappa shape index (κ3) is 5.04. The number of hydrogen-bond acceptors (Lipinski definition) is 4. The van der Waals surface area contributed by atoms with Gasteiger partial charge in [-0.1, -0.05) is 19.1 Å². The van der Waals surface area contributed by atoms with E-state index in [-0.39, 0.29) is 0 Å². The fourth-order valence-corrected chi connectivity index (χ4v) is 2.67. The van der Waals surface area contributed by atoms with E-state index in [0.29, 0.717) is 0 Å². The Morgan fingerprint density at radius 1 is 1.53 bits per heavy atom. The monoisotopic (exact) mass is 238 g/mol. The lowest BCUT2D eigenvalue weighted by molar-refractivity contribution is 1.14. The van der Waals surface area contributed by atoms with Gasteiger partial charge < -0.3 is 0 Å². The third-order valence-electron chi connectivity index (χ3n) is 1.57. The molecule has 0 amide bonds. The predicted molar refractivity (Wildman–Crippen MR) is 70.5 cm³/mol. The van der Waals surface area contributed by atoms with Gasteiger partial charge in [-0.2, -0.15) is 0 Å². The van der Waals surface area contributed by atoms with E-state index in [2.05, 4.69) is 23.0 Å². The van der Waals surface area contributed by atoms with Crippen molar-refractivity contribution in [1.29, 1.82) is 0 Å². The second kappa shape index (κ2) is 7.54. The summed E-state index contributed by atoms with van der Waals surface area (Å²) in [5.41, 5.74) is 0. The summed E-state index contributed by atoms with van der Waals surface area (Å²) in [5, 5.41) is 2.03. The van der Waals surface area contributed by atoms with Crippen molar-refractivity contribution in [2.75, 3.05) is 7.05 Å². The predicted octanol–water partition coefficient (Wildman–Crippen LogP) is 3.82. The van der Waals surface area contributed by atoms with E-state index in [1.807, 2.05) is 24.3 Å². The zero-order chi connectivity index (χ0) is 10.9. The van der Waals surface area contributed by atoms with Crippen molar-refractivity contribution in [3.8, 4) is 0 Å². The van der Waals surface area contributed by atoms with Crippen molar-refractivity contribution in [2.24, 2.45) is 4.99 Å².